The number of benzene rings is 1. The van der Waals surface area contributed by atoms with Crippen LogP contribution in [-0.2, 0) is 0 Å². The highest BCUT2D eigenvalue weighted by Crippen LogP contribution is 2.29. The van der Waals surface area contributed by atoms with Crippen LogP contribution in [0.25, 0.3) is 0 Å². The third-order valence-electron chi connectivity index (χ3n) is 2.31. The number of methoxy groups -OCH3 is 1. The van der Waals surface area contributed by atoms with Gasteiger partial charge in [0.1, 0.15) is 5.75 Å². The lowest BCUT2D eigenvalue weighted by atomic mass is 9.99. The SMILES string of the molecule is COc1ccc(C(C)CCS)cc1Br. The maximum Gasteiger partial charge on any atom is 0.133 e. The first-order valence-corrected chi connectivity index (χ1v) is 6.06. The van der Waals surface area contributed by atoms with Crippen LogP contribution in [0.4, 0.5) is 0 Å². The Balaban J connectivity index is 2.85. The Morgan fingerprint density at radius 1 is 1.50 bits per heavy atom. The molecule has 14 heavy (non-hydrogen) atoms. The van der Waals surface area contributed by atoms with Crippen molar-refractivity contribution >= 4 is 28.6 Å². The van der Waals surface area contributed by atoms with Gasteiger partial charge in [-0.05, 0) is 51.7 Å². The summed E-state index contributed by atoms with van der Waals surface area (Å²) in [6.07, 6.45) is 1.10. The summed E-state index contributed by atoms with van der Waals surface area (Å²) in [4.78, 5) is 0. The monoisotopic (exact) mass is 274 g/mol. The Morgan fingerprint density at radius 3 is 2.71 bits per heavy atom. The molecule has 0 heterocycles. The summed E-state index contributed by atoms with van der Waals surface area (Å²) >= 11 is 7.72. The van der Waals surface area contributed by atoms with Crippen LogP contribution in [0, 0.1) is 0 Å². The Morgan fingerprint density at radius 2 is 2.21 bits per heavy atom. The highest BCUT2D eigenvalue weighted by molar-refractivity contribution is 9.10. The van der Waals surface area contributed by atoms with E-state index in [1.807, 2.05) is 6.07 Å². The Labute approximate surface area is 99.4 Å². The second-order valence-electron chi connectivity index (χ2n) is 3.31. The van der Waals surface area contributed by atoms with Crippen molar-refractivity contribution in [3.63, 3.8) is 0 Å². The third-order valence-corrected chi connectivity index (χ3v) is 3.18. The van der Waals surface area contributed by atoms with E-state index in [2.05, 4.69) is 47.6 Å². The molecule has 1 rings (SSSR count). The van der Waals surface area contributed by atoms with E-state index in [1.165, 1.54) is 5.56 Å². The van der Waals surface area contributed by atoms with Crippen LogP contribution in [0.1, 0.15) is 24.8 Å². The highest BCUT2D eigenvalue weighted by Gasteiger charge is 2.07. The number of halogens is 1. The minimum atomic E-state index is 0.551. The van der Waals surface area contributed by atoms with Gasteiger partial charge in [0.05, 0.1) is 11.6 Å². The number of rotatable bonds is 4. The second kappa shape index (κ2) is 5.66. The van der Waals surface area contributed by atoms with Gasteiger partial charge in [0.2, 0.25) is 0 Å². The van der Waals surface area contributed by atoms with Crippen LogP contribution in [0.3, 0.4) is 0 Å². The summed E-state index contributed by atoms with van der Waals surface area (Å²) in [5.74, 6) is 2.35. The van der Waals surface area contributed by atoms with Crippen molar-refractivity contribution in [2.75, 3.05) is 12.9 Å². The molecular formula is C11H15BrOS. The summed E-state index contributed by atoms with van der Waals surface area (Å²) in [7, 11) is 1.68. The Kier molecular flexibility index (Phi) is 4.82. The van der Waals surface area contributed by atoms with E-state index >= 15 is 0 Å². The van der Waals surface area contributed by atoms with E-state index in [0.717, 1.165) is 22.4 Å². The van der Waals surface area contributed by atoms with E-state index in [1.54, 1.807) is 7.11 Å². The first-order chi connectivity index (χ1) is 6.69. The molecule has 78 valence electrons. The predicted molar refractivity (Wildman–Crippen MR) is 67.6 cm³/mol. The van der Waals surface area contributed by atoms with Gasteiger partial charge in [0, 0.05) is 0 Å². The number of hydrogen-bond acceptors (Lipinski definition) is 2. The van der Waals surface area contributed by atoms with Crippen LogP contribution < -0.4 is 4.74 Å². The fourth-order valence-electron chi connectivity index (χ4n) is 1.35. The van der Waals surface area contributed by atoms with Crippen LogP contribution >= 0.6 is 28.6 Å². The zero-order valence-corrected chi connectivity index (χ0v) is 10.9. The fourth-order valence-corrected chi connectivity index (χ4v) is 2.30. The normalized spacial score (nSPS) is 12.6. The van der Waals surface area contributed by atoms with E-state index in [9.17, 15) is 0 Å². The number of ether oxygens (including phenoxy) is 1. The first kappa shape index (κ1) is 11.9. The summed E-state index contributed by atoms with van der Waals surface area (Å²) in [6, 6.07) is 6.22. The molecule has 0 aliphatic carbocycles. The molecule has 1 aromatic carbocycles. The third kappa shape index (κ3) is 2.92. The van der Waals surface area contributed by atoms with Gasteiger partial charge in [-0.2, -0.15) is 12.6 Å². The molecule has 0 saturated heterocycles. The zero-order chi connectivity index (χ0) is 10.6. The lowest BCUT2D eigenvalue weighted by molar-refractivity contribution is 0.412. The average Bonchev–Trinajstić information content (AvgIpc) is 2.18. The highest BCUT2D eigenvalue weighted by atomic mass is 79.9. The molecular weight excluding hydrogens is 260 g/mol. The van der Waals surface area contributed by atoms with Crippen LogP contribution in [0.15, 0.2) is 22.7 Å². The van der Waals surface area contributed by atoms with E-state index < -0.39 is 0 Å². The Hall–Kier alpha value is -0.150. The molecule has 0 aliphatic rings. The van der Waals surface area contributed by atoms with Gasteiger partial charge in [-0.3, -0.25) is 0 Å². The summed E-state index contributed by atoms with van der Waals surface area (Å²) in [5.41, 5.74) is 1.33. The van der Waals surface area contributed by atoms with Crippen molar-refractivity contribution in [3.8, 4) is 5.75 Å². The van der Waals surface area contributed by atoms with Crippen molar-refractivity contribution in [1.82, 2.24) is 0 Å². The summed E-state index contributed by atoms with van der Waals surface area (Å²) in [6.45, 7) is 2.21. The van der Waals surface area contributed by atoms with Crippen molar-refractivity contribution < 1.29 is 4.74 Å². The molecule has 0 amide bonds. The molecule has 1 atom stereocenters. The van der Waals surface area contributed by atoms with Gasteiger partial charge in [-0.15, -0.1) is 0 Å². The predicted octanol–water partition coefficient (Wildman–Crippen LogP) is 3.88. The number of thiol groups is 1. The molecule has 1 aromatic rings. The molecule has 0 saturated carbocycles. The molecule has 0 spiro atoms. The van der Waals surface area contributed by atoms with E-state index in [-0.39, 0.29) is 0 Å². The van der Waals surface area contributed by atoms with Crippen molar-refractivity contribution in [2.45, 2.75) is 19.3 Å². The van der Waals surface area contributed by atoms with Crippen molar-refractivity contribution in [1.29, 1.82) is 0 Å². The van der Waals surface area contributed by atoms with Crippen LogP contribution in [0.5, 0.6) is 5.75 Å². The molecule has 0 N–H and O–H groups in total. The smallest absolute Gasteiger partial charge is 0.133 e. The molecule has 1 nitrogen and oxygen atoms in total. The maximum atomic E-state index is 5.18. The van der Waals surface area contributed by atoms with E-state index in [0.29, 0.717) is 5.92 Å². The Bertz CT molecular complexity index is 301. The second-order valence-corrected chi connectivity index (χ2v) is 4.61. The molecule has 0 fully saturated rings. The molecule has 0 aliphatic heterocycles. The molecule has 0 radical (unpaired) electrons. The molecule has 3 heteroatoms. The topological polar surface area (TPSA) is 9.23 Å². The van der Waals surface area contributed by atoms with Crippen molar-refractivity contribution in [2.24, 2.45) is 0 Å². The first-order valence-electron chi connectivity index (χ1n) is 4.63. The largest absolute Gasteiger partial charge is 0.496 e. The average molecular weight is 275 g/mol. The van der Waals surface area contributed by atoms with Gasteiger partial charge in [0.25, 0.3) is 0 Å². The van der Waals surface area contributed by atoms with Crippen LogP contribution in [0.2, 0.25) is 0 Å². The van der Waals surface area contributed by atoms with E-state index in [4.69, 9.17) is 4.74 Å². The molecule has 0 aromatic heterocycles. The summed E-state index contributed by atoms with van der Waals surface area (Å²) in [5, 5.41) is 0. The van der Waals surface area contributed by atoms with Crippen molar-refractivity contribution in [3.05, 3.63) is 28.2 Å². The van der Waals surface area contributed by atoms with Gasteiger partial charge < -0.3 is 4.74 Å². The fraction of sp³-hybridized carbons (Fsp3) is 0.455. The maximum absolute atomic E-state index is 5.18. The van der Waals surface area contributed by atoms with Gasteiger partial charge in [-0.1, -0.05) is 13.0 Å². The minimum absolute atomic E-state index is 0.551. The lowest BCUT2D eigenvalue weighted by Gasteiger charge is -2.12. The lowest BCUT2D eigenvalue weighted by Crippen LogP contribution is -1.95. The molecule has 1 unspecified atom stereocenters. The van der Waals surface area contributed by atoms with Gasteiger partial charge in [-0.25, -0.2) is 0 Å². The number of hydrogen-bond donors (Lipinski definition) is 1. The minimum Gasteiger partial charge on any atom is -0.496 e. The molecule has 0 bridgehead atoms. The summed E-state index contributed by atoms with van der Waals surface area (Å²) < 4.78 is 6.19. The van der Waals surface area contributed by atoms with Gasteiger partial charge in [0.15, 0.2) is 0 Å². The zero-order valence-electron chi connectivity index (χ0n) is 8.46. The standard InChI is InChI=1S/C11H15BrOS/c1-8(5-6-14)9-3-4-11(13-2)10(12)7-9/h3-4,7-8,14H,5-6H2,1-2H3. The van der Waals surface area contributed by atoms with Crippen LogP contribution in [-0.4, -0.2) is 12.9 Å². The van der Waals surface area contributed by atoms with Gasteiger partial charge >= 0.3 is 0 Å². The quantitative estimate of drug-likeness (QED) is 0.820.